The summed E-state index contributed by atoms with van der Waals surface area (Å²) in [4.78, 5) is 7.28. The van der Waals surface area contributed by atoms with Gasteiger partial charge in [-0.3, -0.25) is 4.90 Å². The molecule has 2 rings (SSSR count). The molecule has 0 amide bonds. The summed E-state index contributed by atoms with van der Waals surface area (Å²) in [6.07, 6.45) is 3.38. The summed E-state index contributed by atoms with van der Waals surface area (Å²) < 4.78 is 4.76. The first kappa shape index (κ1) is 10.1. The van der Waals surface area contributed by atoms with Gasteiger partial charge in [0.2, 0.25) is 0 Å². The summed E-state index contributed by atoms with van der Waals surface area (Å²) in [5.74, 6) is 0. The highest BCUT2D eigenvalue weighted by atomic mass is 32.1. The van der Waals surface area contributed by atoms with Gasteiger partial charge in [-0.15, -0.1) is 11.3 Å². The first-order valence-electron chi connectivity index (χ1n) is 4.52. The molecular formula is C9H12N4OS. The van der Waals surface area contributed by atoms with Crippen LogP contribution in [0.3, 0.4) is 0 Å². The SMILES string of the molecule is CN(Cc1ccon1)Cc1cnc(N)s1. The van der Waals surface area contributed by atoms with Crippen LogP contribution in [-0.4, -0.2) is 22.1 Å². The quantitative estimate of drug-likeness (QED) is 0.849. The Morgan fingerprint density at radius 1 is 1.53 bits per heavy atom. The minimum atomic E-state index is 0.611. The largest absolute Gasteiger partial charge is 0.375 e. The van der Waals surface area contributed by atoms with Crippen molar-refractivity contribution in [1.82, 2.24) is 15.0 Å². The molecule has 0 fully saturated rings. The molecule has 80 valence electrons. The number of nitrogens with zero attached hydrogens (tertiary/aromatic N) is 3. The Kier molecular flexibility index (Phi) is 2.98. The van der Waals surface area contributed by atoms with Gasteiger partial charge in [0.05, 0.1) is 5.69 Å². The molecule has 0 bridgehead atoms. The summed E-state index contributed by atoms with van der Waals surface area (Å²) in [5.41, 5.74) is 6.48. The van der Waals surface area contributed by atoms with Crippen LogP contribution < -0.4 is 5.73 Å². The van der Waals surface area contributed by atoms with Gasteiger partial charge >= 0.3 is 0 Å². The smallest absolute Gasteiger partial charge is 0.180 e. The van der Waals surface area contributed by atoms with E-state index in [1.807, 2.05) is 13.1 Å². The topological polar surface area (TPSA) is 68.2 Å². The molecule has 0 aliphatic heterocycles. The van der Waals surface area contributed by atoms with E-state index < -0.39 is 0 Å². The Bertz CT molecular complexity index is 411. The number of nitrogens with two attached hydrogens (primary N) is 1. The summed E-state index contributed by atoms with van der Waals surface area (Å²) in [6, 6.07) is 1.86. The molecule has 0 spiro atoms. The van der Waals surface area contributed by atoms with E-state index in [0.29, 0.717) is 5.13 Å². The van der Waals surface area contributed by atoms with Crippen LogP contribution in [0.1, 0.15) is 10.6 Å². The molecule has 2 N–H and O–H groups in total. The summed E-state index contributed by atoms with van der Waals surface area (Å²) in [5, 5.41) is 4.46. The van der Waals surface area contributed by atoms with Crippen LogP contribution in [0.25, 0.3) is 0 Å². The Hall–Kier alpha value is -1.40. The van der Waals surface area contributed by atoms with Crippen molar-refractivity contribution in [3.05, 3.63) is 29.1 Å². The molecule has 5 nitrogen and oxygen atoms in total. The molecule has 0 unspecified atom stereocenters. The molecule has 2 aromatic rings. The highest BCUT2D eigenvalue weighted by Gasteiger charge is 2.06. The number of hydrogen-bond donors (Lipinski definition) is 1. The number of thiazole rings is 1. The van der Waals surface area contributed by atoms with E-state index in [2.05, 4.69) is 15.0 Å². The van der Waals surface area contributed by atoms with E-state index in [9.17, 15) is 0 Å². The molecule has 15 heavy (non-hydrogen) atoms. The number of hydrogen-bond acceptors (Lipinski definition) is 6. The fourth-order valence-corrected chi connectivity index (χ4v) is 2.08. The molecule has 6 heteroatoms. The van der Waals surface area contributed by atoms with Gasteiger partial charge in [-0.2, -0.15) is 0 Å². The van der Waals surface area contributed by atoms with E-state index in [-0.39, 0.29) is 0 Å². The zero-order chi connectivity index (χ0) is 10.7. The van der Waals surface area contributed by atoms with Crippen molar-refractivity contribution < 1.29 is 4.52 Å². The van der Waals surface area contributed by atoms with Crippen LogP contribution in [0.15, 0.2) is 23.0 Å². The third-order valence-electron chi connectivity index (χ3n) is 1.92. The van der Waals surface area contributed by atoms with Gasteiger partial charge < -0.3 is 10.3 Å². The van der Waals surface area contributed by atoms with Crippen LogP contribution in [0.5, 0.6) is 0 Å². The van der Waals surface area contributed by atoms with Crippen LogP contribution in [0.4, 0.5) is 5.13 Å². The van der Waals surface area contributed by atoms with E-state index in [4.69, 9.17) is 10.3 Å². The number of rotatable bonds is 4. The third-order valence-corrected chi connectivity index (χ3v) is 2.73. The zero-order valence-corrected chi connectivity index (χ0v) is 9.20. The zero-order valence-electron chi connectivity index (χ0n) is 8.38. The molecule has 0 atom stereocenters. The number of anilines is 1. The maximum Gasteiger partial charge on any atom is 0.180 e. The highest BCUT2D eigenvalue weighted by molar-refractivity contribution is 7.15. The lowest BCUT2D eigenvalue weighted by molar-refractivity contribution is 0.306. The molecule has 0 saturated heterocycles. The summed E-state index contributed by atoms with van der Waals surface area (Å²) in [7, 11) is 2.02. The monoisotopic (exact) mass is 224 g/mol. The van der Waals surface area contributed by atoms with Gasteiger partial charge in [-0.05, 0) is 7.05 Å². The molecular weight excluding hydrogens is 212 g/mol. The average molecular weight is 224 g/mol. The maximum atomic E-state index is 5.55. The second-order valence-corrected chi connectivity index (χ2v) is 4.47. The van der Waals surface area contributed by atoms with Gasteiger partial charge in [0.1, 0.15) is 6.26 Å². The van der Waals surface area contributed by atoms with Crippen molar-refractivity contribution in [3.8, 4) is 0 Å². The predicted molar refractivity (Wildman–Crippen MR) is 58.2 cm³/mol. The summed E-state index contributed by atoms with van der Waals surface area (Å²) in [6.45, 7) is 1.58. The number of nitrogen functional groups attached to an aromatic ring is 1. The van der Waals surface area contributed by atoms with Gasteiger partial charge in [0.25, 0.3) is 0 Å². The fraction of sp³-hybridized carbons (Fsp3) is 0.333. The fourth-order valence-electron chi connectivity index (χ4n) is 1.31. The van der Waals surface area contributed by atoms with Gasteiger partial charge in [-0.1, -0.05) is 5.16 Å². The molecule has 0 aliphatic rings. The lowest BCUT2D eigenvalue weighted by Crippen LogP contribution is -2.16. The van der Waals surface area contributed by atoms with E-state index in [1.54, 1.807) is 12.5 Å². The maximum absolute atomic E-state index is 5.55. The van der Waals surface area contributed by atoms with Crippen LogP contribution in [0, 0.1) is 0 Å². The molecule has 0 aromatic carbocycles. The molecule has 2 heterocycles. The Balaban J connectivity index is 1.90. The van der Waals surface area contributed by atoms with Crippen LogP contribution in [-0.2, 0) is 13.1 Å². The van der Waals surface area contributed by atoms with Crippen LogP contribution in [0.2, 0.25) is 0 Å². The molecule has 2 aromatic heterocycles. The predicted octanol–water partition coefficient (Wildman–Crippen LogP) is 1.35. The van der Waals surface area contributed by atoms with Gasteiger partial charge in [0, 0.05) is 30.2 Å². The third kappa shape index (κ3) is 2.77. The van der Waals surface area contributed by atoms with E-state index in [0.717, 1.165) is 23.7 Å². The lowest BCUT2D eigenvalue weighted by Gasteiger charge is -2.12. The standard InChI is InChI=1S/C9H12N4OS/c1-13(5-7-2-3-14-12-7)6-8-4-11-9(10)15-8/h2-4H,5-6H2,1H3,(H2,10,11). The van der Waals surface area contributed by atoms with Crippen molar-refractivity contribution in [2.75, 3.05) is 12.8 Å². The second kappa shape index (κ2) is 4.41. The molecule has 0 radical (unpaired) electrons. The van der Waals surface area contributed by atoms with Crippen molar-refractivity contribution in [3.63, 3.8) is 0 Å². The average Bonchev–Trinajstić information content (AvgIpc) is 2.77. The first-order chi connectivity index (χ1) is 7.24. The van der Waals surface area contributed by atoms with Gasteiger partial charge in [-0.25, -0.2) is 4.98 Å². The minimum Gasteiger partial charge on any atom is -0.375 e. The van der Waals surface area contributed by atoms with Crippen molar-refractivity contribution in [1.29, 1.82) is 0 Å². The van der Waals surface area contributed by atoms with Crippen molar-refractivity contribution >= 4 is 16.5 Å². The second-order valence-electron chi connectivity index (χ2n) is 3.33. The minimum absolute atomic E-state index is 0.611. The van der Waals surface area contributed by atoms with Crippen molar-refractivity contribution in [2.24, 2.45) is 0 Å². The Labute approximate surface area is 91.5 Å². The van der Waals surface area contributed by atoms with Crippen molar-refractivity contribution in [2.45, 2.75) is 13.1 Å². The Morgan fingerprint density at radius 2 is 2.40 bits per heavy atom. The van der Waals surface area contributed by atoms with Crippen LogP contribution >= 0.6 is 11.3 Å². The first-order valence-corrected chi connectivity index (χ1v) is 5.33. The normalized spacial score (nSPS) is 11.1. The van der Waals surface area contributed by atoms with E-state index in [1.165, 1.54) is 11.3 Å². The van der Waals surface area contributed by atoms with Gasteiger partial charge in [0.15, 0.2) is 5.13 Å². The van der Waals surface area contributed by atoms with E-state index >= 15 is 0 Å². The number of aromatic nitrogens is 2. The lowest BCUT2D eigenvalue weighted by atomic mass is 10.4. The highest BCUT2D eigenvalue weighted by Crippen LogP contribution is 2.16. The molecule has 0 aliphatic carbocycles. The summed E-state index contributed by atoms with van der Waals surface area (Å²) >= 11 is 1.51. The Morgan fingerprint density at radius 3 is 3.00 bits per heavy atom. The molecule has 0 saturated carbocycles.